The first-order valence-corrected chi connectivity index (χ1v) is 9.40. The topological polar surface area (TPSA) is 47.6 Å². The Morgan fingerprint density at radius 1 is 1.16 bits per heavy atom. The molecule has 0 aliphatic carbocycles. The fraction of sp³-hybridized carbons (Fsp3) is 0.632. The third kappa shape index (κ3) is 8.45. The smallest absolute Gasteiger partial charge is 0.218 e. The molecule has 1 aromatic carbocycles. The van der Waals surface area contributed by atoms with Crippen LogP contribution in [-0.4, -0.2) is 45.0 Å². The molecule has 5 nitrogen and oxygen atoms in total. The Morgan fingerprint density at radius 2 is 1.68 bits per heavy atom. The van der Waals surface area contributed by atoms with Gasteiger partial charge in [0.2, 0.25) is 5.91 Å². The van der Waals surface area contributed by atoms with E-state index in [1.54, 1.807) is 14.1 Å². The van der Waals surface area contributed by atoms with Crippen LogP contribution in [0, 0.1) is 6.92 Å². The van der Waals surface area contributed by atoms with Crippen LogP contribution in [0.2, 0.25) is 5.02 Å². The van der Waals surface area contributed by atoms with Crippen molar-refractivity contribution in [1.29, 1.82) is 0 Å². The minimum Gasteiger partial charge on any atom is -0.371 e. The van der Waals surface area contributed by atoms with Gasteiger partial charge in [0.25, 0.3) is 0 Å². The molecule has 2 N–H and O–H groups in total. The lowest BCUT2D eigenvalue weighted by molar-refractivity contribution is -0.126. The van der Waals surface area contributed by atoms with Crippen molar-refractivity contribution in [2.75, 3.05) is 44.6 Å². The summed E-state index contributed by atoms with van der Waals surface area (Å²) >= 11 is 6.18. The van der Waals surface area contributed by atoms with E-state index in [1.165, 1.54) is 42.3 Å². The van der Waals surface area contributed by atoms with Crippen molar-refractivity contribution in [3.63, 3.8) is 0 Å². The van der Waals surface area contributed by atoms with Crippen LogP contribution in [0.15, 0.2) is 12.1 Å². The lowest BCUT2D eigenvalue weighted by Gasteiger charge is -2.31. The van der Waals surface area contributed by atoms with Crippen LogP contribution >= 0.6 is 11.6 Å². The predicted molar refractivity (Wildman–Crippen MR) is 111 cm³/mol. The zero-order valence-electron chi connectivity index (χ0n) is 16.9. The molecule has 1 saturated heterocycles. The molecule has 0 spiro atoms. The number of hydrazine groups is 1. The molecular formula is C19H35ClN4O. The van der Waals surface area contributed by atoms with Gasteiger partial charge < -0.3 is 15.2 Å². The van der Waals surface area contributed by atoms with E-state index in [9.17, 15) is 4.79 Å². The Bertz CT molecular complexity index is 514. The Balaban J connectivity index is 0.000000614. The molecule has 1 fully saturated rings. The van der Waals surface area contributed by atoms with E-state index in [0.29, 0.717) is 0 Å². The number of hydrogen-bond acceptors (Lipinski definition) is 4. The molecule has 0 saturated carbocycles. The molecule has 0 atom stereocenters. The normalized spacial score (nSPS) is 13.0. The molecular weight excluding hydrogens is 336 g/mol. The molecule has 1 aliphatic rings. The fourth-order valence-electron chi connectivity index (χ4n) is 2.39. The van der Waals surface area contributed by atoms with E-state index in [1.807, 2.05) is 27.0 Å². The first-order valence-electron chi connectivity index (χ1n) is 9.02. The summed E-state index contributed by atoms with van der Waals surface area (Å²) in [5, 5.41) is 0.786. The summed E-state index contributed by atoms with van der Waals surface area (Å²) in [4.78, 5) is 14.0. The standard InChI is InChI=1S/C13H20ClN3.C4H9NO.C2H6/c1-10-12(16-15-2)8-11(14)9-13(10)17-6-4-3-5-7-17;1-4(6)5(2)3;1-2/h8-9,15-16H,3-7H2,1-2H3;1-3H3;1-2H3. The predicted octanol–water partition coefficient (Wildman–Crippen LogP) is 4.31. The molecule has 1 aliphatic heterocycles. The molecule has 1 heterocycles. The number of amides is 1. The largest absolute Gasteiger partial charge is 0.371 e. The minimum atomic E-state index is 0.0926. The van der Waals surface area contributed by atoms with Crippen LogP contribution in [0.4, 0.5) is 11.4 Å². The Kier molecular flexibility index (Phi) is 12.1. The molecule has 144 valence electrons. The third-order valence-electron chi connectivity index (χ3n) is 3.93. The number of halogens is 1. The average Bonchev–Trinajstić information content (AvgIpc) is 2.61. The number of nitrogens with zero attached hydrogens (tertiary/aromatic N) is 2. The summed E-state index contributed by atoms with van der Waals surface area (Å²) in [5.41, 5.74) is 9.66. The molecule has 1 amide bonds. The molecule has 0 radical (unpaired) electrons. The van der Waals surface area contributed by atoms with Crippen LogP contribution in [0.5, 0.6) is 0 Å². The van der Waals surface area contributed by atoms with Crippen LogP contribution in [0.3, 0.4) is 0 Å². The number of rotatable bonds is 3. The molecule has 0 aromatic heterocycles. The molecule has 2 rings (SSSR count). The van der Waals surface area contributed by atoms with E-state index < -0.39 is 0 Å². The highest BCUT2D eigenvalue weighted by Gasteiger charge is 2.15. The Morgan fingerprint density at radius 3 is 2.12 bits per heavy atom. The van der Waals surface area contributed by atoms with Gasteiger partial charge in [0.1, 0.15) is 0 Å². The van der Waals surface area contributed by atoms with Crippen molar-refractivity contribution in [2.45, 2.75) is 47.0 Å². The van der Waals surface area contributed by atoms with Crippen LogP contribution < -0.4 is 15.8 Å². The summed E-state index contributed by atoms with van der Waals surface area (Å²) in [6.07, 6.45) is 3.90. The van der Waals surface area contributed by atoms with Gasteiger partial charge in [-0.15, -0.1) is 0 Å². The van der Waals surface area contributed by atoms with Gasteiger partial charge in [-0.2, -0.15) is 0 Å². The van der Waals surface area contributed by atoms with Crippen LogP contribution in [-0.2, 0) is 4.79 Å². The quantitative estimate of drug-likeness (QED) is 0.778. The van der Waals surface area contributed by atoms with Gasteiger partial charge in [0, 0.05) is 51.9 Å². The second kappa shape index (κ2) is 12.8. The van der Waals surface area contributed by atoms with E-state index in [-0.39, 0.29) is 5.91 Å². The van der Waals surface area contributed by atoms with Gasteiger partial charge in [-0.3, -0.25) is 4.79 Å². The summed E-state index contributed by atoms with van der Waals surface area (Å²) in [6.45, 7) is 9.94. The fourth-order valence-corrected chi connectivity index (χ4v) is 2.60. The molecule has 0 bridgehead atoms. The minimum absolute atomic E-state index is 0.0926. The number of piperidine rings is 1. The third-order valence-corrected chi connectivity index (χ3v) is 4.15. The van der Waals surface area contributed by atoms with Gasteiger partial charge in [-0.05, 0) is 43.9 Å². The van der Waals surface area contributed by atoms with Crippen molar-refractivity contribution in [3.8, 4) is 0 Å². The first-order chi connectivity index (χ1) is 11.9. The number of nitrogens with one attached hydrogen (secondary N) is 2. The van der Waals surface area contributed by atoms with E-state index in [4.69, 9.17) is 11.6 Å². The van der Waals surface area contributed by atoms with E-state index in [0.717, 1.165) is 23.8 Å². The summed E-state index contributed by atoms with van der Waals surface area (Å²) in [7, 11) is 5.31. The average molecular weight is 371 g/mol. The molecule has 25 heavy (non-hydrogen) atoms. The van der Waals surface area contributed by atoms with E-state index in [2.05, 4.69) is 28.7 Å². The summed E-state index contributed by atoms with van der Waals surface area (Å²) < 4.78 is 0. The van der Waals surface area contributed by atoms with Crippen molar-refractivity contribution in [1.82, 2.24) is 10.3 Å². The maximum absolute atomic E-state index is 10.1. The Hall–Kier alpha value is -1.46. The van der Waals surface area contributed by atoms with Gasteiger partial charge in [0.15, 0.2) is 0 Å². The highest BCUT2D eigenvalue weighted by Crippen LogP contribution is 2.32. The number of hydrogen-bond donors (Lipinski definition) is 2. The van der Waals surface area contributed by atoms with Gasteiger partial charge >= 0.3 is 0 Å². The maximum atomic E-state index is 10.1. The second-order valence-electron chi connectivity index (χ2n) is 5.93. The van der Waals surface area contributed by atoms with Crippen LogP contribution in [0.1, 0.15) is 45.6 Å². The number of benzene rings is 1. The van der Waals surface area contributed by atoms with Crippen molar-refractivity contribution >= 4 is 28.9 Å². The summed E-state index contributed by atoms with van der Waals surface area (Å²) in [6, 6.07) is 4.03. The molecule has 0 unspecified atom stereocenters. The maximum Gasteiger partial charge on any atom is 0.218 e. The Labute approximate surface area is 158 Å². The van der Waals surface area contributed by atoms with Crippen molar-refractivity contribution in [3.05, 3.63) is 22.7 Å². The molecule has 1 aromatic rings. The molecule has 6 heteroatoms. The van der Waals surface area contributed by atoms with Gasteiger partial charge in [-0.25, -0.2) is 5.43 Å². The number of carbonyl (C=O) groups excluding carboxylic acids is 1. The SMILES string of the molecule is CC.CC(=O)N(C)C.CNNc1cc(Cl)cc(N2CCCCC2)c1C. The lowest BCUT2D eigenvalue weighted by Crippen LogP contribution is -2.30. The second-order valence-corrected chi connectivity index (χ2v) is 6.37. The monoisotopic (exact) mass is 370 g/mol. The van der Waals surface area contributed by atoms with Crippen molar-refractivity contribution < 1.29 is 4.79 Å². The zero-order valence-corrected chi connectivity index (χ0v) is 17.6. The lowest BCUT2D eigenvalue weighted by atomic mass is 10.1. The number of carbonyl (C=O) groups is 1. The zero-order chi connectivity index (χ0) is 19.4. The number of anilines is 2. The van der Waals surface area contributed by atoms with Gasteiger partial charge in [0.05, 0.1) is 5.69 Å². The van der Waals surface area contributed by atoms with Gasteiger partial charge in [-0.1, -0.05) is 25.4 Å². The van der Waals surface area contributed by atoms with E-state index >= 15 is 0 Å². The first kappa shape index (κ1) is 23.5. The van der Waals surface area contributed by atoms with Crippen LogP contribution in [0.25, 0.3) is 0 Å². The summed E-state index contributed by atoms with van der Waals surface area (Å²) in [5.74, 6) is 0.0926. The highest BCUT2D eigenvalue weighted by molar-refractivity contribution is 6.31. The highest BCUT2D eigenvalue weighted by atomic mass is 35.5. The van der Waals surface area contributed by atoms with Crippen molar-refractivity contribution in [2.24, 2.45) is 0 Å².